The first-order valence-corrected chi connectivity index (χ1v) is 40.3. The second kappa shape index (κ2) is 30.3. The number of nitrogens with zero attached hydrogens (tertiary/aromatic N) is 4. The van der Waals surface area contributed by atoms with Gasteiger partial charge in [0.05, 0.1) is 55.5 Å². The summed E-state index contributed by atoms with van der Waals surface area (Å²) < 4.78 is 9.65. The van der Waals surface area contributed by atoms with Crippen molar-refractivity contribution < 1.29 is 0 Å². The lowest BCUT2D eigenvalue weighted by atomic mass is 10.0. The van der Waals surface area contributed by atoms with Crippen LogP contribution in [0, 0.1) is 55.4 Å². The molecule has 4 nitrogen and oxygen atoms in total. The van der Waals surface area contributed by atoms with Gasteiger partial charge in [0.15, 0.2) is 0 Å². The largest absolute Gasteiger partial charge is 0.309 e. The highest BCUT2D eigenvalue weighted by Crippen LogP contribution is 2.41. The molecule has 0 fully saturated rings. The maximum Gasteiger partial charge on any atom is 0.0543 e. The summed E-state index contributed by atoms with van der Waals surface area (Å²) in [6, 6.07) is 132. The van der Waals surface area contributed by atoms with E-state index in [1.807, 2.05) is 6.07 Å². The highest BCUT2D eigenvalue weighted by atomic mass is 15.0. The molecule has 0 aliphatic carbocycles. The number of hydrogen-bond donors (Lipinski definition) is 0. The van der Waals surface area contributed by atoms with Crippen LogP contribution in [0.1, 0.15) is 66.8 Å². The average Bonchev–Trinajstić information content (AvgIpc) is 1.58. The SMILES string of the molecule is Cc1ccc2c3ccc(C)cc3n(-c3ccc(/C=C/c4cccc5ccccc45)cc3)c2c1.Cc1ccc2c3ccc(C)cc3n(-c3ccc(/C=C/c4ccccc4)cc3)c2c1.Cc1ccc2c3ccc(C)cc3n(-c3cccc4cc5ccccc5cc34)c2c1.Cc1ccc2c3ccc(C)cc3n(-c3cccc4ccccc34)c2c1. The molecule has 4 heteroatoms. The molecule has 556 valence electrons. The molecule has 0 saturated heterocycles. The molecule has 0 unspecified atom stereocenters. The minimum absolute atomic E-state index is 1.19. The maximum absolute atomic E-state index is 2.45. The first-order chi connectivity index (χ1) is 56.8. The van der Waals surface area contributed by atoms with Gasteiger partial charge in [-0.15, -0.1) is 0 Å². The molecule has 4 heterocycles. The Kier molecular flexibility index (Phi) is 18.8. The lowest BCUT2D eigenvalue weighted by Crippen LogP contribution is -1.96. The number of benzene rings is 18. The monoisotopic (exact) mass is 1490 g/mol. The molecule has 4 aromatic heterocycles. The van der Waals surface area contributed by atoms with Crippen molar-refractivity contribution in [2.24, 2.45) is 0 Å². The summed E-state index contributed by atoms with van der Waals surface area (Å²) in [6.45, 7) is 17.3. The van der Waals surface area contributed by atoms with Gasteiger partial charge in [-0.05, 0) is 252 Å². The van der Waals surface area contributed by atoms with Gasteiger partial charge in [0.2, 0.25) is 0 Å². The van der Waals surface area contributed by atoms with Gasteiger partial charge in [-0.3, -0.25) is 0 Å². The summed E-state index contributed by atoms with van der Waals surface area (Å²) in [5.41, 5.74) is 30.1. The Morgan fingerprint density at radius 3 is 0.828 bits per heavy atom. The Bertz CT molecular complexity index is 7390. The van der Waals surface area contributed by atoms with Crippen LogP contribution in [0.3, 0.4) is 0 Å². The maximum atomic E-state index is 2.45. The highest BCUT2D eigenvalue weighted by molar-refractivity contribution is 6.15. The van der Waals surface area contributed by atoms with E-state index in [-0.39, 0.29) is 0 Å². The number of rotatable bonds is 8. The third-order valence-corrected chi connectivity index (χ3v) is 23.1. The highest BCUT2D eigenvalue weighted by Gasteiger charge is 2.20. The number of aromatic nitrogens is 4. The van der Waals surface area contributed by atoms with Gasteiger partial charge in [-0.25, -0.2) is 0 Å². The molecule has 0 bridgehead atoms. The zero-order chi connectivity index (χ0) is 78.7. The zero-order valence-electron chi connectivity index (χ0n) is 66.7. The van der Waals surface area contributed by atoms with E-state index in [0.717, 1.165) is 0 Å². The number of fused-ring (bicyclic) bond motifs is 16. The van der Waals surface area contributed by atoms with Crippen LogP contribution >= 0.6 is 0 Å². The van der Waals surface area contributed by atoms with Gasteiger partial charge in [-0.1, -0.05) is 291 Å². The summed E-state index contributed by atoms with van der Waals surface area (Å²) in [5, 5.41) is 20.7. The van der Waals surface area contributed by atoms with Crippen molar-refractivity contribution in [3.8, 4) is 22.7 Å². The van der Waals surface area contributed by atoms with Crippen LogP contribution in [-0.4, -0.2) is 18.3 Å². The summed E-state index contributed by atoms with van der Waals surface area (Å²) in [4.78, 5) is 0. The molecule has 0 N–H and O–H groups in total. The van der Waals surface area contributed by atoms with Crippen LogP contribution in [0.4, 0.5) is 0 Å². The summed E-state index contributed by atoms with van der Waals surface area (Å²) >= 11 is 0. The predicted octanol–water partition coefficient (Wildman–Crippen LogP) is 30.6. The Morgan fingerprint density at radius 2 is 0.440 bits per heavy atom. The molecule has 0 radical (unpaired) electrons. The Balaban J connectivity index is 0.000000104. The molecular formula is C112H88N4. The third-order valence-electron chi connectivity index (χ3n) is 23.1. The first kappa shape index (κ1) is 72.0. The minimum Gasteiger partial charge on any atom is -0.309 e. The second-order valence-electron chi connectivity index (χ2n) is 31.5. The van der Waals surface area contributed by atoms with E-state index in [0.29, 0.717) is 0 Å². The lowest BCUT2D eigenvalue weighted by molar-refractivity contribution is 1.17. The van der Waals surface area contributed by atoms with Crippen LogP contribution in [0.25, 0.3) is 177 Å². The molecule has 116 heavy (non-hydrogen) atoms. The smallest absolute Gasteiger partial charge is 0.0543 e. The van der Waals surface area contributed by atoms with Crippen molar-refractivity contribution in [2.75, 3.05) is 0 Å². The normalized spacial score (nSPS) is 11.7. The molecule has 22 aromatic rings. The molecule has 0 amide bonds. The van der Waals surface area contributed by atoms with E-state index >= 15 is 0 Å². The Morgan fingerprint density at radius 1 is 0.164 bits per heavy atom. The topological polar surface area (TPSA) is 19.7 Å². The van der Waals surface area contributed by atoms with Crippen molar-refractivity contribution in [3.05, 3.63) is 431 Å². The molecule has 0 atom stereocenters. The summed E-state index contributed by atoms with van der Waals surface area (Å²) in [5.74, 6) is 0. The molecule has 22 rings (SSSR count). The molecule has 0 saturated carbocycles. The molecular weight excluding hydrogens is 1400 g/mol. The van der Waals surface area contributed by atoms with Gasteiger partial charge >= 0.3 is 0 Å². The zero-order valence-corrected chi connectivity index (χ0v) is 66.7. The van der Waals surface area contributed by atoms with Gasteiger partial charge in [-0.2, -0.15) is 0 Å². The summed E-state index contributed by atoms with van der Waals surface area (Å²) in [6.07, 6.45) is 8.73. The average molecular weight is 1490 g/mol. The van der Waals surface area contributed by atoms with Crippen molar-refractivity contribution in [1.29, 1.82) is 0 Å². The Labute approximate surface area is 677 Å². The van der Waals surface area contributed by atoms with Crippen LogP contribution < -0.4 is 0 Å². The number of aryl methyl sites for hydroxylation is 8. The van der Waals surface area contributed by atoms with Crippen molar-refractivity contribution >= 4 is 155 Å². The van der Waals surface area contributed by atoms with Gasteiger partial charge in [0.1, 0.15) is 0 Å². The number of hydrogen-bond acceptors (Lipinski definition) is 0. The van der Waals surface area contributed by atoms with Crippen molar-refractivity contribution in [2.45, 2.75) is 55.4 Å². The van der Waals surface area contributed by atoms with Crippen LogP contribution in [0.5, 0.6) is 0 Å². The van der Waals surface area contributed by atoms with E-state index in [9.17, 15) is 0 Å². The van der Waals surface area contributed by atoms with Crippen molar-refractivity contribution in [1.82, 2.24) is 18.3 Å². The van der Waals surface area contributed by atoms with E-state index < -0.39 is 0 Å². The van der Waals surface area contributed by atoms with E-state index in [1.165, 1.54) is 220 Å². The lowest BCUT2D eigenvalue weighted by Gasteiger charge is -2.13. The van der Waals surface area contributed by atoms with Gasteiger partial charge in [0.25, 0.3) is 0 Å². The standard InChI is InChI=1S/C32H25N.C28H21N.C28H23N.C24H19N/c1-22-10-18-29-30-19-11-23(2)21-32(30)33(31(29)20-22)27-16-13-24(14-17-27)12-15-26-8-5-7-25-6-3-4-9-28(25)26;1-18-10-12-23-24-13-11-19(2)15-28(24)29(27(23)14-18)26-9-5-8-22-16-20-6-3-4-7-21(20)17-25(22)26;1-20-8-16-25-26-17-9-21(2)19-28(26)29(27(25)18-20)24-14-12-23(13-15-24)11-10-22-6-4-3-5-7-22;1-16-10-12-20-21-13-11-17(2)15-24(21)25(23(20)14-16)22-9-5-7-18-6-3-4-8-19(18)22/h3-21H,1-2H3;3-17H,1-2H3;3-19H,1-2H3;3-15H,1-2H3/b15-12+;;11-10+;. The van der Waals surface area contributed by atoms with Gasteiger partial charge < -0.3 is 18.3 Å². The summed E-state index contributed by atoms with van der Waals surface area (Å²) in [7, 11) is 0. The van der Waals surface area contributed by atoms with E-state index in [2.05, 4.69) is 456 Å². The fourth-order valence-electron chi connectivity index (χ4n) is 17.4. The predicted molar refractivity (Wildman–Crippen MR) is 502 cm³/mol. The van der Waals surface area contributed by atoms with Crippen LogP contribution in [0.15, 0.2) is 364 Å². The van der Waals surface area contributed by atoms with Crippen molar-refractivity contribution in [3.63, 3.8) is 0 Å². The first-order valence-electron chi connectivity index (χ1n) is 40.3. The third kappa shape index (κ3) is 13.6. The minimum atomic E-state index is 1.19. The fourth-order valence-corrected chi connectivity index (χ4v) is 17.4. The van der Waals surface area contributed by atoms with Crippen LogP contribution in [-0.2, 0) is 0 Å². The van der Waals surface area contributed by atoms with Crippen LogP contribution in [0.2, 0.25) is 0 Å². The van der Waals surface area contributed by atoms with Gasteiger partial charge in [0, 0.05) is 65.2 Å². The Hall–Kier alpha value is -14.3. The molecule has 0 spiro atoms. The molecule has 18 aromatic carbocycles. The second-order valence-corrected chi connectivity index (χ2v) is 31.5. The molecule has 0 aliphatic rings. The van der Waals surface area contributed by atoms with E-state index in [4.69, 9.17) is 0 Å². The fraction of sp³-hybridized carbons (Fsp3) is 0.0714. The molecule has 0 aliphatic heterocycles. The quantitative estimate of drug-likeness (QED) is 0.107. The van der Waals surface area contributed by atoms with E-state index in [1.54, 1.807) is 0 Å².